The first-order chi connectivity index (χ1) is 34.5. The van der Waals surface area contributed by atoms with Crippen LogP contribution in [-0.4, -0.2) is 37.2 Å². The summed E-state index contributed by atoms with van der Waals surface area (Å²) >= 11 is 0. The highest BCUT2D eigenvalue weighted by atomic mass is 16.6. The Labute approximate surface area is 431 Å². The lowest BCUT2D eigenvalue weighted by Crippen LogP contribution is -2.30. The second-order valence-corrected chi connectivity index (χ2v) is 18.4. The molecular formula is C64H104O6. The fourth-order valence-corrected chi connectivity index (χ4v) is 7.44. The largest absolute Gasteiger partial charge is 0.462 e. The molecule has 396 valence electrons. The van der Waals surface area contributed by atoms with Crippen molar-refractivity contribution in [1.29, 1.82) is 0 Å². The quantitative estimate of drug-likeness (QED) is 0.0262. The van der Waals surface area contributed by atoms with E-state index in [1.54, 1.807) is 0 Å². The number of rotatable bonds is 50. The van der Waals surface area contributed by atoms with Gasteiger partial charge in [0.05, 0.1) is 0 Å². The summed E-state index contributed by atoms with van der Waals surface area (Å²) in [7, 11) is 0. The topological polar surface area (TPSA) is 78.9 Å². The van der Waals surface area contributed by atoms with Crippen LogP contribution in [0.5, 0.6) is 0 Å². The molecule has 1 atom stereocenters. The van der Waals surface area contributed by atoms with Gasteiger partial charge in [-0.2, -0.15) is 0 Å². The van der Waals surface area contributed by atoms with Crippen LogP contribution >= 0.6 is 0 Å². The van der Waals surface area contributed by atoms with Gasteiger partial charge in [-0.05, 0) is 122 Å². The molecule has 0 aromatic rings. The molecule has 0 aromatic heterocycles. The Morgan fingerprint density at radius 3 is 0.871 bits per heavy atom. The van der Waals surface area contributed by atoms with Gasteiger partial charge in [0, 0.05) is 19.3 Å². The second kappa shape index (κ2) is 57.4. The van der Waals surface area contributed by atoms with Crippen LogP contribution in [0.3, 0.4) is 0 Å². The van der Waals surface area contributed by atoms with Gasteiger partial charge in [-0.15, -0.1) is 0 Å². The zero-order valence-corrected chi connectivity index (χ0v) is 45.2. The van der Waals surface area contributed by atoms with Crippen LogP contribution in [0.25, 0.3) is 0 Å². The molecule has 0 aliphatic heterocycles. The third kappa shape index (κ3) is 54.7. The first-order valence-corrected chi connectivity index (χ1v) is 28.5. The lowest BCUT2D eigenvalue weighted by molar-refractivity contribution is -0.167. The Morgan fingerprint density at radius 1 is 0.300 bits per heavy atom. The third-order valence-electron chi connectivity index (χ3n) is 11.7. The van der Waals surface area contributed by atoms with E-state index in [2.05, 4.69) is 142 Å². The number of hydrogen-bond acceptors (Lipinski definition) is 6. The van der Waals surface area contributed by atoms with Crippen molar-refractivity contribution in [3.05, 3.63) is 122 Å². The molecule has 1 unspecified atom stereocenters. The van der Waals surface area contributed by atoms with E-state index in [1.807, 2.05) is 0 Å². The predicted octanol–water partition coefficient (Wildman–Crippen LogP) is 19.3. The minimum Gasteiger partial charge on any atom is -0.462 e. The van der Waals surface area contributed by atoms with Crippen molar-refractivity contribution in [3.8, 4) is 0 Å². The van der Waals surface area contributed by atoms with Gasteiger partial charge in [0.2, 0.25) is 0 Å². The first kappa shape index (κ1) is 65.8. The van der Waals surface area contributed by atoms with Crippen LogP contribution in [0.4, 0.5) is 0 Å². The van der Waals surface area contributed by atoms with Gasteiger partial charge in [0.15, 0.2) is 6.10 Å². The van der Waals surface area contributed by atoms with Gasteiger partial charge >= 0.3 is 17.9 Å². The molecular weight excluding hydrogens is 865 g/mol. The van der Waals surface area contributed by atoms with Crippen molar-refractivity contribution in [1.82, 2.24) is 0 Å². The van der Waals surface area contributed by atoms with Crippen LogP contribution in [0.1, 0.15) is 245 Å². The highest BCUT2D eigenvalue weighted by Gasteiger charge is 2.19. The van der Waals surface area contributed by atoms with E-state index in [0.717, 1.165) is 161 Å². The Bertz CT molecular complexity index is 1490. The molecule has 0 aliphatic carbocycles. The van der Waals surface area contributed by atoms with Crippen LogP contribution in [0, 0.1) is 0 Å². The number of carbonyl (C=O) groups excluding carboxylic acids is 3. The molecule has 0 aromatic carbocycles. The van der Waals surface area contributed by atoms with E-state index in [9.17, 15) is 14.4 Å². The summed E-state index contributed by atoms with van der Waals surface area (Å²) in [5.74, 6) is -0.942. The molecule has 6 heteroatoms. The summed E-state index contributed by atoms with van der Waals surface area (Å²) < 4.78 is 16.8. The van der Waals surface area contributed by atoms with Crippen molar-refractivity contribution < 1.29 is 28.6 Å². The number of unbranched alkanes of at least 4 members (excludes halogenated alkanes) is 19. The van der Waals surface area contributed by atoms with Crippen molar-refractivity contribution in [2.45, 2.75) is 252 Å². The molecule has 0 N–H and O–H groups in total. The van der Waals surface area contributed by atoms with Gasteiger partial charge in [-0.25, -0.2) is 0 Å². The lowest BCUT2D eigenvalue weighted by Gasteiger charge is -2.18. The van der Waals surface area contributed by atoms with Crippen LogP contribution in [0.15, 0.2) is 122 Å². The predicted molar refractivity (Wildman–Crippen MR) is 302 cm³/mol. The van der Waals surface area contributed by atoms with Gasteiger partial charge in [-0.3, -0.25) is 14.4 Å². The average Bonchev–Trinajstić information content (AvgIpc) is 3.36. The van der Waals surface area contributed by atoms with Crippen LogP contribution in [0.2, 0.25) is 0 Å². The van der Waals surface area contributed by atoms with Gasteiger partial charge in [0.1, 0.15) is 13.2 Å². The van der Waals surface area contributed by atoms with E-state index in [4.69, 9.17) is 14.2 Å². The minimum atomic E-state index is -0.802. The average molecular weight is 970 g/mol. The molecule has 70 heavy (non-hydrogen) atoms. The molecule has 0 radical (unpaired) electrons. The molecule has 0 amide bonds. The fourth-order valence-electron chi connectivity index (χ4n) is 7.44. The minimum absolute atomic E-state index is 0.0990. The van der Waals surface area contributed by atoms with Gasteiger partial charge < -0.3 is 14.2 Å². The summed E-state index contributed by atoms with van der Waals surface area (Å²) in [6.07, 6.45) is 78.9. The molecule has 0 saturated heterocycles. The maximum atomic E-state index is 12.9. The van der Waals surface area contributed by atoms with Crippen molar-refractivity contribution in [2.24, 2.45) is 0 Å². The molecule has 6 nitrogen and oxygen atoms in total. The van der Waals surface area contributed by atoms with E-state index < -0.39 is 6.10 Å². The van der Waals surface area contributed by atoms with Gasteiger partial charge in [0.25, 0.3) is 0 Å². The molecule has 0 rings (SSSR count). The zero-order chi connectivity index (χ0) is 50.7. The molecule has 0 spiro atoms. The first-order valence-electron chi connectivity index (χ1n) is 28.5. The number of carbonyl (C=O) groups is 3. The summed E-state index contributed by atoms with van der Waals surface area (Å²) in [5, 5.41) is 0. The van der Waals surface area contributed by atoms with Gasteiger partial charge in [-0.1, -0.05) is 226 Å². The number of esters is 3. The maximum Gasteiger partial charge on any atom is 0.306 e. The normalized spacial score (nSPS) is 13.0. The Balaban J connectivity index is 4.47. The number of hydrogen-bond donors (Lipinski definition) is 0. The summed E-state index contributed by atoms with van der Waals surface area (Å²) in [4.78, 5) is 38.2. The zero-order valence-electron chi connectivity index (χ0n) is 45.2. The highest BCUT2D eigenvalue weighted by Crippen LogP contribution is 2.14. The SMILES string of the molecule is CC/C=C\C/C=C\C/C=C\C/C=C\CCCCCCCCC(=O)OCC(COC(=O)CCCCCCC/C=C\C/C=C\CCCC)OC(=O)CCCCCCCC/C=C\C/C=C\C/C=C\C/C=C\CC. The molecule has 0 heterocycles. The third-order valence-corrected chi connectivity index (χ3v) is 11.7. The maximum absolute atomic E-state index is 12.9. The van der Waals surface area contributed by atoms with E-state index in [0.29, 0.717) is 19.3 Å². The van der Waals surface area contributed by atoms with Crippen LogP contribution < -0.4 is 0 Å². The summed E-state index contributed by atoms with van der Waals surface area (Å²) in [6, 6.07) is 0. The molecule has 0 bridgehead atoms. The number of ether oxygens (including phenoxy) is 3. The Hall–Kier alpha value is -4.19. The second-order valence-electron chi connectivity index (χ2n) is 18.4. The molecule has 0 saturated carbocycles. The van der Waals surface area contributed by atoms with E-state index in [-0.39, 0.29) is 31.1 Å². The number of allylic oxidation sites excluding steroid dienone is 20. The highest BCUT2D eigenvalue weighted by molar-refractivity contribution is 5.71. The fraction of sp³-hybridized carbons (Fsp3) is 0.641. The molecule has 0 aliphatic rings. The summed E-state index contributed by atoms with van der Waals surface area (Å²) in [6.45, 7) is 6.33. The van der Waals surface area contributed by atoms with Crippen molar-refractivity contribution in [2.75, 3.05) is 13.2 Å². The summed E-state index contributed by atoms with van der Waals surface area (Å²) in [5.41, 5.74) is 0. The van der Waals surface area contributed by atoms with Crippen molar-refractivity contribution in [3.63, 3.8) is 0 Å². The Morgan fingerprint density at radius 2 is 0.557 bits per heavy atom. The molecule has 0 fully saturated rings. The lowest BCUT2D eigenvalue weighted by atomic mass is 10.1. The van der Waals surface area contributed by atoms with E-state index >= 15 is 0 Å². The smallest absolute Gasteiger partial charge is 0.306 e. The monoisotopic (exact) mass is 969 g/mol. The van der Waals surface area contributed by atoms with E-state index in [1.165, 1.54) is 44.9 Å². The van der Waals surface area contributed by atoms with Crippen LogP contribution in [-0.2, 0) is 28.6 Å². The Kier molecular flexibility index (Phi) is 54.0. The standard InChI is InChI=1S/C64H104O6/c1-4-7-10-13-16-19-22-25-28-30-32-34-36-39-42-45-48-51-54-57-63(66)69-60-61(59-68-62(65)56-53-50-47-44-41-38-27-24-21-18-15-12-9-6-3)70-64(67)58-55-52-49-46-43-40-37-35-33-31-29-26-23-20-17-14-11-8-5-2/h7-8,10-11,15-20,24-29,32-35,61H,4-6,9,12-14,21-23,30-31,36-60H2,1-3H3/b10-7-,11-8-,18-15-,19-16-,20-17-,27-24-,28-25-,29-26-,34-32-,35-33-. The van der Waals surface area contributed by atoms with Crippen molar-refractivity contribution >= 4 is 17.9 Å².